The topological polar surface area (TPSA) is 84.5 Å². The Morgan fingerprint density at radius 3 is 2.38 bits per heavy atom. The van der Waals surface area contributed by atoms with Gasteiger partial charge in [-0.1, -0.05) is 44.2 Å². The molecule has 1 aromatic heterocycles. The Morgan fingerprint density at radius 1 is 0.938 bits per heavy atom. The number of hydrogen-bond donors (Lipinski definition) is 2. The van der Waals surface area contributed by atoms with Crippen LogP contribution in [0.2, 0.25) is 0 Å². The number of thiophene rings is 1. The average molecular weight is 451 g/mol. The summed E-state index contributed by atoms with van der Waals surface area (Å²) in [6.45, 7) is 7.56. The predicted octanol–water partition coefficient (Wildman–Crippen LogP) is 5.62. The van der Waals surface area contributed by atoms with E-state index in [0.29, 0.717) is 10.6 Å². The number of ether oxygens (including phenoxy) is 1. The lowest BCUT2D eigenvalue weighted by Crippen LogP contribution is -2.30. The molecule has 1 atom stereocenters. The first-order valence-corrected chi connectivity index (χ1v) is 11.2. The van der Waals surface area contributed by atoms with E-state index in [9.17, 15) is 14.4 Å². The van der Waals surface area contributed by atoms with Crippen molar-refractivity contribution in [2.24, 2.45) is 0 Å². The largest absolute Gasteiger partial charge is 0.449 e. The average Bonchev–Trinajstić information content (AvgIpc) is 3.30. The van der Waals surface area contributed by atoms with Crippen molar-refractivity contribution < 1.29 is 19.1 Å². The van der Waals surface area contributed by atoms with Gasteiger partial charge in [-0.15, -0.1) is 11.3 Å². The number of benzene rings is 2. The number of nitrogens with one attached hydrogen (secondary N) is 2. The van der Waals surface area contributed by atoms with Gasteiger partial charge in [0.1, 0.15) is 0 Å². The number of amides is 2. The van der Waals surface area contributed by atoms with E-state index < -0.39 is 18.0 Å². The molecule has 3 aromatic rings. The highest BCUT2D eigenvalue weighted by molar-refractivity contribution is 7.12. The quantitative estimate of drug-likeness (QED) is 0.458. The third kappa shape index (κ3) is 5.62. The molecule has 0 aliphatic carbocycles. The summed E-state index contributed by atoms with van der Waals surface area (Å²) in [5.74, 6) is -1.07. The highest BCUT2D eigenvalue weighted by atomic mass is 32.1. The number of esters is 1. The van der Waals surface area contributed by atoms with Crippen molar-refractivity contribution in [1.82, 2.24) is 0 Å². The Labute approximate surface area is 191 Å². The Bertz CT molecular complexity index is 1120. The van der Waals surface area contributed by atoms with Gasteiger partial charge in [0.2, 0.25) is 0 Å². The van der Waals surface area contributed by atoms with Crippen molar-refractivity contribution in [2.75, 3.05) is 10.6 Å². The van der Waals surface area contributed by atoms with Crippen LogP contribution in [0.1, 0.15) is 57.8 Å². The minimum Gasteiger partial charge on any atom is -0.449 e. The minimum absolute atomic E-state index is 0.232. The molecular formula is C25H26N2O4S. The molecule has 0 saturated heterocycles. The van der Waals surface area contributed by atoms with Crippen molar-refractivity contribution in [3.8, 4) is 0 Å². The molecule has 2 amide bonds. The zero-order valence-corrected chi connectivity index (χ0v) is 19.3. The molecule has 0 bridgehead atoms. The fraction of sp³-hybridized carbons (Fsp3) is 0.240. The third-order valence-electron chi connectivity index (χ3n) is 4.93. The molecule has 2 N–H and O–H groups in total. The summed E-state index contributed by atoms with van der Waals surface area (Å²) in [6.07, 6.45) is -0.994. The Morgan fingerprint density at radius 2 is 1.69 bits per heavy atom. The smallest absolute Gasteiger partial charge is 0.338 e. The van der Waals surface area contributed by atoms with Crippen LogP contribution in [0.15, 0.2) is 60.0 Å². The van der Waals surface area contributed by atoms with Gasteiger partial charge in [0.15, 0.2) is 6.10 Å². The Balaban J connectivity index is 1.66. The van der Waals surface area contributed by atoms with Crippen LogP contribution < -0.4 is 10.6 Å². The summed E-state index contributed by atoms with van der Waals surface area (Å²) in [4.78, 5) is 38.1. The number of para-hydroxylation sites is 1. The fourth-order valence-corrected chi connectivity index (χ4v) is 3.79. The number of carbonyl (C=O) groups excluding carboxylic acids is 3. The lowest BCUT2D eigenvalue weighted by Gasteiger charge is -2.19. The molecule has 0 aliphatic heterocycles. The molecule has 0 fully saturated rings. The Hall–Kier alpha value is -3.45. The Kier molecular flexibility index (Phi) is 7.43. The number of hydrogen-bond acceptors (Lipinski definition) is 5. The van der Waals surface area contributed by atoms with Crippen LogP contribution in [0.4, 0.5) is 11.4 Å². The summed E-state index contributed by atoms with van der Waals surface area (Å²) < 4.78 is 5.38. The molecule has 7 heteroatoms. The van der Waals surface area contributed by atoms with Crippen LogP contribution in [0.5, 0.6) is 0 Å². The van der Waals surface area contributed by atoms with E-state index in [-0.39, 0.29) is 17.4 Å². The summed E-state index contributed by atoms with van der Waals surface area (Å²) >= 11 is 1.33. The fourth-order valence-electron chi connectivity index (χ4n) is 3.17. The monoisotopic (exact) mass is 450 g/mol. The van der Waals surface area contributed by atoms with Crippen LogP contribution >= 0.6 is 11.3 Å². The number of anilines is 2. The maximum absolute atomic E-state index is 12.7. The van der Waals surface area contributed by atoms with Crippen LogP contribution in [0.25, 0.3) is 0 Å². The van der Waals surface area contributed by atoms with E-state index in [4.69, 9.17) is 4.74 Å². The van der Waals surface area contributed by atoms with Gasteiger partial charge in [0.05, 0.1) is 10.4 Å². The van der Waals surface area contributed by atoms with Crippen molar-refractivity contribution in [3.63, 3.8) is 0 Å². The number of rotatable bonds is 7. The lowest BCUT2D eigenvalue weighted by molar-refractivity contribution is -0.123. The molecule has 1 heterocycles. The molecule has 1 unspecified atom stereocenters. The van der Waals surface area contributed by atoms with Gasteiger partial charge < -0.3 is 15.4 Å². The molecule has 0 saturated carbocycles. The third-order valence-corrected chi connectivity index (χ3v) is 5.80. The van der Waals surface area contributed by atoms with E-state index >= 15 is 0 Å². The van der Waals surface area contributed by atoms with E-state index in [1.165, 1.54) is 24.3 Å². The van der Waals surface area contributed by atoms with E-state index in [0.717, 1.165) is 16.8 Å². The zero-order chi connectivity index (χ0) is 23.3. The maximum atomic E-state index is 12.7. The minimum atomic E-state index is -0.994. The SMILES string of the molecule is Cc1cccc(C(C)C)c1NC(=O)C(C)OC(=O)c1cccc(NC(=O)c2cccs2)c1. The van der Waals surface area contributed by atoms with Gasteiger partial charge in [0, 0.05) is 11.4 Å². The van der Waals surface area contributed by atoms with Gasteiger partial charge >= 0.3 is 5.97 Å². The summed E-state index contributed by atoms with van der Waals surface area (Å²) in [7, 11) is 0. The molecule has 3 rings (SSSR count). The standard InChI is InChI=1S/C25H26N2O4S/c1-15(2)20-11-5-8-16(3)22(20)27-23(28)17(4)31-25(30)18-9-6-10-19(14-18)26-24(29)21-12-7-13-32-21/h5-15,17H,1-4H3,(H,26,29)(H,27,28). The molecule has 0 spiro atoms. The lowest BCUT2D eigenvalue weighted by atomic mass is 9.98. The van der Waals surface area contributed by atoms with Crippen molar-refractivity contribution >= 4 is 40.5 Å². The van der Waals surface area contributed by atoms with E-state index in [1.807, 2.05) is 30.5 Å². The summed E-state index contributed by atoms with van der Waals surface area (Å²) in [5.41, 5.74) is 3.42. The predicted molar refractivity (Wildman–Crippen MR) is 127 cm³/mol. The van der Waals surface area contributed by atoms with Crippen LogP contribution in [-0.2, 0) is 9.53 Å². The second-order valence-electron chi connectivity index (χ2n) is 7.74. The van der Waals surface area contributed by atoms with Gasteiger partial charge in [-0.2, -0.15) is 0 Å². The molecule has 166 valence electrons. The van der Waals surface area contributed by atoms with Gasteiger partial charge in [-0.3, -0.25) is 9.59 Å². The van der Waals surface area contributed by atoms with Gasteiger partial charge in [-0.25, -0.2) is 4.79 Å². The highest BCUT2D eigenvalue weighted by Crippen LogP contribution is 2.27. The molecule has 0 radical (unpaired) electrons. The van der Waals surface area contributed by atoms with Crippen LogP contribution in [0, 0.1) is 6.92 Å². The first-order chi connectivity index (χ1) is 15.3. The second-order valence-corrected chi connectivity index (χ2v) is 8.69. The molecule has 0 aliphatic rings. The van der Waals surface area contributed by atoms with E-state index in [2.05, 4.69) is 24.5 Å². The first-order valence-electron chi connectivity index (χ1n) is 10.3. The van der Waals surface area contributed by atoms with Gasteiger partial charge in [-0.05, 0) is 60.5 Å². The van der Waals surface area contributed by atoms with Crippen LogP contribution in [0.3, 0.4) is 0 Å². The summed E-state index contributed by atoms with van der Waals surface area (Å²) in [5, 5.41) is 7.47. The normalized spacial score (nSPS) is 11.7. The van der Waals surface area contributed by atoms with Crippen molar-refractivity contribution in [1.29, 1.82) is 0 Å². The second kappa shape index (κ2) is 10.2. The maximum Gasteiger partial charge on any atom is 0.338 e. The molecular weight excluding hydrogens is 424 g/mol. The molecule has 2 aromatic carbocycles. The van der Waals surface area contributed by atoms with E-state index in [1.54, 1.807) is 30.3 Å². The molecule has 32 heavy (non-hydrogen) atoms. The highest BCUT2D eigenvalue weighted by Gasteiger charge is 2.21. The molecule has 6 nitrogen and oxygen atoms in total. The van der Waals surface area contributed by atoms with Crippen LogP contribution in [-0.4, -0.2) is 23.9 Å². The zero-order valence-electron chi connectivity index (χ0n) is 18.5. The number of carbonyl (C=O) groups is 3. The number of aryl methyl sites for hydroxylation is 1. The summed E-state index contributed by atoms with van der Waals surface area (Å²) in [6, 6.07) is 15.8. The van der Waals surface area contributed by atoms with Crippen molar-refractivity contribution in [2.45, 2.75) is 39.7 Å². The first kappa shape index (κ1) is 23.2. The van der Waals surface area contributed by atoms with Gasteiger partial charge in [0.25, 0.3) is 11.8 Å². The van der Waals surface area contributed by atoms with Crippen molar-refractivity contribution in [3.05, 3.63) is 81.5 Å².